The van der Waals surface area contributed by atoms with Gasteiger partial charge in [-0.3, -0.25) is 14.6 Å². The van der Waals surface area contributed by atoms with E-state index in [2.05, 4.69) is 9.97 Å². The summed E-state index contributed by atoms with van der Waals surface area (Å²) in [5.74, 6) is 0.849. The van der Waals surface area contributed by atoms with Crippen LogP contribution in [-0.2, 0) is 29.6 Å². The van der Waals surface area contributed by atoms with Gasteiger partial charge in [-0.15, -0.1) is 0 Å². The Morgan fingerprint density at radius 1 is 1.38 bits per heavy atom. The lowest BCUT2D eigenvalue weighted by Crippen LogP contribution is -2.35. The summed E-state index contributed by atoms with van der Waals surface area (Å²) >= 11 is 0. The van der Waals surface area contributed by atoms with Crippen molar-refractivity contribution in [3.8, 4) is 0 Å². The predicted octanol–water partition coefficient (Wildman–Crippen LogP) is 1.25. The lowest BCUT2D eigenvalue weighted by Gasteiger charge is -2.21. The van der Waals surface area contributed by atoms with Crippen LogP contribution in [0.2, 0.25) is 0 Å². The fourth-order valence-electron chi connectivity index (χ4n) is 3.34. The van der Waals surface area contributed by atoms with E-state index in [9.17, 15) is 9.59 Å². The Kier molecular flexibility index (Phi) is 5.65. The van der Waals surface area contributed by atoms with Crippen LogP contribution < -0.4 is 0 Å². The van der Waals surface area contributed by atoms with Crippen molar-refractivity contribution in [2.24, 2.45) is 13.0 Å². The molecular weight excluding hydrogens is 330 g/mol. The minimum atomic E-state index is -0.252. The number of rotatable bonds is 7. The molecular formula is C19H25N5O2. The molecule has 138 valence electrons. The molecule has 0 spiro atoms. The zero-order valence-corrected chi connectivity index (χ0v) is 15.3. The Bertz CT molecular complexity index is 758. The van der Waals surface area contributed by atoms with Crippen LogP contribution in [0.1, 0.15) is 24.2 Å². The van der Waals surface area contributed by atoms with E-state index in [0.29, 0.717) is 26.1 Å². The van der Waals surface area contributed by atoms with E-state index in [1.165, 1.54) is 0 Å². The minimum Gasteiger partial charge on any atom is -0.345 e. The van der Waals surface area contributed by atoms with Crippen LogP contribution in [0, 0.1) is 5.92 Å². The molecule has 7 heteroatoms. The van der Waals surface area contributed by atoms with Crippen LogP contribution in [0.4, 0.5) is 0 Å². The molecule has 7 nitrogen and oxygen atoms in total. The van der Waals surface area contributed by atoms with Crippen molar-refractivity contribution < 1.29 is 9.59 Å². The van der Waals surface area contributed by atoms with E-state index in [0.717, 1.165) is 24.2 Å². The van der Waals surface area contributed by atoms with Crippen molar-refractivity contribution in [2.45, 2.75) is 25.8 Å². The first-order valence-electron chi connectivity index (χ1n) is 8.92. The number of likely N-dealkylation sites (tertiary alicyclic amines) is 1. The Hall–Kier alpha value is -2.70. The van der Waals surface area contributed by atoms with Crippen LogP contribution in [0.15, 0.2) is 36.9 Å². The molecule has 3 heterocycles. The van der Waals surface area contributed by atoms with Crippen LogP contribution >= 0.6 is 0 Å². The maximum Gasteiger partial charge on any atom is 0.227 e. The van der Waals surface area contributed by atoms with Crippen molar-refractivity contribution in [3.63, 3.8) is 0 Å². The number of aryl methyl sites for hydroxylation is 2. The highest BCUT2D eigenvalue weighted by molar-refractivity contribution is 5.89. The van der Waals surface area contributed by atoms with Crippen LogP contribution in [0.3, 0.4) is 0 Å². The van der Waals surface area contributed by atoms with Gasteiger partial charge in [-0.2, -0.15) is 0 Å². The fourth-order valence-corrected chi connectivity index (χ4v) is 3.34. The third-order valence-corrected chi connectivity index (χ3v) is 4.85. The molecule has 0 unspecified atom stereocenters. The zero-order valence-electron chi connectivity index (χ0n) is 15.3. The number of hydrogen-bond acceptors (Lipinski definition) is 4. The summed E-state index contributed by atoms with van der Waals surface area (Å²) in [6.07, 6.45) is 9.15. The normalized spacial score (nSPS) is 16.9. The predicted molar refractivity (Wildman–Crippen MR) is 96.9 cm³/mol. The van der Waals surface area contributed by atoms with E-state index in [-0.39, 0.29) is 17.7 Å². The summed E-state index contributed by atoms with van der Waals surface area (Å²) in [7, 11) is 3.78. The Balaban J connectivity index is 1.48. The molecule has 1 aliphatic rings. The number of aromatic nitrogens is 3. The number of pyridine rings is 1. The summed E-state index contributed by atoms with van der Waals surface area (Å²) in [5, 5.41) is 0. The van der Waals surface area contributed by atoms with Crippen LogP contribution in [0.5, 0.6) is 0 Å². The van der Waals surface area contributed by atoms with Gasteiger partial charge in [-0.25, -0.2) is 4.98 Å². The first kappa shape index (κ1) is 18.1. The van der Waals surface area contributed by atoms with E-state index in [4.69, 9.17) is 0 Å². The van der Waals surface area contributed by atoms with E-state index in [1.807, 2.05) is 37.0 Å². The summed E-state index contributed by atoms with van der Waals surface area (Å²) in [5.41, 5.74) is 0.984. The van der Waals surface area contributed by atoms with Crippen LogP contribution in [0.25, 0.3) is 0 Å². The lowest BCUT2D eigenvalue weighted by molar-refractivity contribution is -0.134. The summed E-state index contributed by atoms with van der Waals surface area (Å²) in [6.45, 7) is 1.66. The third-order valence-electron chi connectivity index (χ3n) is 4.85. The minimum absolute atomic E-state index is 0.0358. The molecule has 1 saturated heterocycles. The molecule has 2 amide bonds. The van der Waals surface area contributed by atoms with Gasteiger partial charge in [0, 0.05) is 71.4 Å². The van der Waals surface area contributed by atoms with Gasteiger partial charge in [0.1, 0.15) is 5.82 Å². The molecule has 0 bridgehead atoms. The van der Waals surface area contributed by atoms with Crippen molar-refractivity contribution in [3.05, 3.63) is 48.3 Å². The maximum absolute atomic E-state index is 12.7. The monoisotopic (exact) mass is 355 g/mol. The summed E-state index contributed by atoms with van der Waals surface area (Å²) in [4.78, 5) is 36.8. The Morgan fingerprint density at radius 3 is 2.92 bits per heavy atom. The van der Waals surface area contributed by atoms with Gasteiger partial charge in [0.25, 0.3) is 0 Å². The number of amides is 2. The highest BCUT2D eigenvalue weighted by Gasteiger charge is 2.35. The highest BCUT2D eigenvalue weighted by Crippen LogP contribution is 2.22. The number of imidazole rings is 1. The van der Waals surface area contributed by atoms with E-state index >= 15 is 0 Å². The molecule has 0 aliphatic carbocycles. The van der Waals surface area contributed by atoms with Crippen molar-refractivity contribution in [1.29, 1.82) is 0 Å². The topological polar surface area (TPSA) is 71.3 Å². The van der Waals surface area contributed by atoms with E-state index < -0.39 is 0 Å². The van der Waals surface area contributed by atoms with Gasteiger partial charge in [-0.1, -0.05) is 6.07 Å². The second kappa shape index (κ2) is 8.12. The highest BCUT2D eigenvalue weighted by atomic mass is 16.2. The fraction of sp³-hybridized carbons (Fsp3) is 0.474. The molecule has 0 aromatic carbocycles. The Labute approximate surface area is 153 Å². The largest absolute Gasteiger partial charge is 0.345 e. The van der Waals surface area contributed by atoms with Crippen molar-refractivity contribution in [1.82, 2.24) is 24.3 Å². The second-order valence-corrected chi connectivity index (χ2v) is 6.85. The second-order valence-electron chi connectivity index (χ2n) is 6.85. The molecule has 1 aliphatic heterocycles. The Morgan fingerprint density at radius 2 is 2.23 bits per heavy atom. The number of carbonyl (C=O) groups is 2. The molecule has 2 aromatic rings. The molecule has 26 heavy (non-hydrogen) atoms. The first-order valence-corrected chi connectivity index (χ1v) is 8.92. The van der Waals surface area contributed by atoms with Crippen LogP contribution in [-0.4, -0.2) is 56.3 Å². The van der Waals surface area contributed by atoms with Gasteiger partial charge in [0.05, 0.1) is 5.92 Å². The van der Waals surface area contributed by atoms with E-state index in [1.54, 1.807) is 28.4 Å². The lowest BCUT2D eigenvalue weighted by atomic mass is 10.1. The zero-order chi connectivity index (χ0) is 18.5. The molecule has 0 radical (unpaired) electrons. The quantitative estimate of drug-likeness (QED) is 0.750. The molecule has 3 rings (SSSR count). The number of carbonyl (C=O) groups excluding carboxylic acids is 2. The molecule has 1 atom stereocenters. The van der Waals surface area contributed by atoms with Crippen molar-refractivity contribution >= 4 is 11.8 Å². The van der Waals surface area contributed by atoms with Gasteiger partial charge in [0.15, 0.2) is 0 Å². The summed E-state index contributed by atoms with van der Waals surface area (Å²) < 4.78 is 1.99. The van der Waals surface area contributed by atoms with Gasteiger partial charge in [-0.05, 0) is 18.1 Å². The molecule has 0 saturated carbocycles. The average molecular weight is 355 g/mol. The summed E-state index contributed by atoms with van der Waals surface area (Å²) in [6, 6.07) is 3.80. The third kappa shape index (κ3) is 4.28. The smallest absolute Gasteiger partial charge is 0.227 e. The van der Waals surface area contributed by atoms with Gasteiger partial charge >= 0.3 is 0 Å². The van der Waals surface area contributed by atoms with Gasteiger partial charge in [0.2, 0.25) is 11.8 Å². The number of nitrogens with zero attached hydrogens (tertiary/aromatic N) is 5. The average Bonchev–Trinajstić information content (AvgIpc) is 3.21. The maximum atomic E-state index is 12.7. The standard InChI is InChI=1S/C19H25N5O2/c1-22-10-8-21-17(22)6-4-9-23(2)19(26)16-11-18(25)24(14-16)13-15-5-3-7-20-12-15/h3,5,7-8,10,12,16H,4,6,9,11,13-14H2,1-2H3/t16-/m1/s1. The van der Waals surface area contributed by atoms with Crippen molar-refractivity contribution in [2.75, 3.05) is 20.1 Å². The molecule has 1 fully saturated rings. The SMILES string of the molecule is CN(CCCc1nccn1C)C(=O)[C@@H]1CC(=O)N(Cc2cccnc2)C1. The molecule has 0 N–H and O–H groups in total. The molecule has 2 aromatic heterocycles. The first-order chi connectivity index (χ1) is 12.5. The van der Waals surface area contributed by atoms with Gasteiger partial charge < -0.3 is 14.4 Å². The number of hydrogen-bond donors (Lipinski definition) is 0.